The molecule has 1 rings (SSSR count). The zero-order chi connectivity index (χ0) is 12.0. The molecule has 0 saturated heterocycles. The van der Waals surface area contributed by atoms with Crippen LogP contribution in [0.25, 0.3) is 0 Å². The van der Waals surface area contributed by atoms with Crippen LogP contribution in [0.15, 0.2) is 30.3 Å². The predicted molar refractivity (Wildman–Crippen MR) is 64.8 cm³/mol. The summed E-state index contributed by atoms with van der Waals surface area (Å²) in [5, 5.41) is 0. The van der Waals surface area contributed by atoms with Gasteiger partial charge in [-0.25, -0.2) is 0 Å². The molecule has 1 aromatic rings. The molecule has 1 aromatic carbocycles. The van der Waals surface area contributed by atoms with Crippen LogP contribution in [0.4, 0.5) is 0 Å². The molecule has 0 bridgehead atoms. The van der Waals surface area contributed by atoms with E-state index in [-0.39, 0.29) is 6.10 Å². The highest BCUT2D eigenvalue weighted by Crippen LogP contribution is 2.23. The van der Waals surface area contributed by atoms with Crippen molar-refractivity contribution in [3.63, 3.8) is 0 Å². The Bertz CT molecular complexity index is 371. The van der Waals surface area contributed by atoms with Gasteiger partial charge in [-0.2, -0.15) is 0 Å². The van der Waals surface area contributed by atoms with Crippen molar-refractivity contribution in [1.82, 2.24) is 0 Å². The molecule has 0 spiro atoms. The second kappa shape index (κ2) is 5.69. The number of hydrogen-bond acceptors (Lipinski definition) is 2. The van der Waals surface area contributed by atoms with E-state index in [0.717, 1.165) is 5.56 Å². The Morgan fingerprint density at radius 1 is 1.19 bits per heavy atom. The quantitative estimate of drug-likeness (QED) is 0.571. The molecule has 2 nitrogen and oxygen atoms in total. The van der Waals surface area contributed by atoms with Crippen molar-refractivity contribution in [3.8, 4) is 11.8 Å². The maximum atomic E-state index is 5.82. The van der Waals surface area contributed by atoms with Crippen LogP contribution < -0.4 is 0 Å². The summed E-state index contributed by atoms with van der Waals surface area (Å²) in [4.78, 5) is 0. The third-order valence-electron chi connectivity index (χ3n) is 2.27. The van der Waals surface area contributed by atoms with Gasteiger partial charge in [0.15, 0.2) is 5.79 Å². The van der Waals surface area contributed by atoms with Gasteiger partial charge in [0, 0.05) is 7.11 Å². The fourth-order valence-electron chi connectivity index (χ4n) is 1.27. The van der Waals surface area contributed by atoms with Crippen molar-refractivity contribution in [3.05, 3.63) is 35.9 Å². The first-order valence-corrected chi connectivity index (χ1v) is 5.29. The van der Waals surface area contributed by atoms with Crippen LogP contribution in [0.5, 0.6) is 0 Å². The summed E-state index contributed by atoms with van der Waals surface area (Å²) in [6, 6.07) is 9.93. The summed E-state index contributed by atoms with van der Waals surface area (Å²) in [5.41, 5.74) is 1.04. The maximum absolute atomic E-state index is 5.82. The van der Waals surface area contributed by atoms with Gasteiger partial charge in [-0.15, -0.1) is 5.92 Å². The lowest BCUT2D eigenvalue weighted by molar-refractivity contribution is -0.213. The first kappa shape index (κ1) is 12.8. The normalized spacial score (nSPS) is 12.8. The van der Waals surface area contributed by atoms with Gasteiger partial charge >= 0.3 is 0 Å². The van der Waals surface area contributed by atoms with E-state index in [1.165, 1.54) is 0 Å². The molecule has 0 N–H and O–H groups in total. The Hall–Kier alpha value is -1.30. The second-order valence-corrected chi connectivity index (χ2v) is 3.91. The third kappa shape index (κ3) is 3.69. The van der Waals surface area contributed by atoms with E-state index < -0.39 is 5.79 Å². The Kier molecular flexibility index (Phi) is 4.54. The molecule has 0 saturated carbocycles. The minimum Gasteiger partial charge on any atom is -0.354 e. The number of benzene rings is 1. The largest absolute Gasteiger partial charge is 0.354 e. The van der Waals surface area contributed by atoms with Crippen LogP contribution in [0, 0.1) is 11.8 Å². The SMILES string of the molecule is CC#CC(OC(C)(C)OC)c1ccccc1. The molecule has 0 heterocycles. The lowest BCUT2D eigenvalue weighted by Gasteiger charge is -2.27. The van der Waals surface area contributed by atoms with Crippen molar-refractivity contribution < 1.29 is 9.47 Å². The van der Waals surface area contributed by atoms with E-state index in [1.54, 1.807) is 14.0 Å². The topological polar surface area (TPSA) is 18.5 Å². The van der Waals surface area contributed by atoms with E-state index in [0.29, 0.717) is 0 Å². The first-order chi connectivity index (χ1) is 7.59. The molecule has 0 aliphatic heterocycles. The lowest BCUT2D eigenvalue weighted by atomic mass is 10.1. The van der Waals surface area contributed by atoms with Gasteiger partial charge in [-0.1, -0.05) is 36.3 Å². The Balaban J connectivity index is 2.88. The third-order valence-corrected chi connectivity index (χ3v) is 2.27. The fourth-order valence-corrected chi connectivity index (χ4v) is 1.27. The van der Waals surface area contributed by atoms with Crippen LogP contribution in [0.1, 0.15) is 32.4 Å². The highest BCUT2D eigenvalue weighted by molar-refractivity contribution is 5.25. The zero-order valence-corrected chi connectivity index (χ0v) is 10.3. The maximum Gasteiger partial charge on any atom is 0.164 e. The number of methoxy groups -OCH3 is 1. The van der Waals surface area contributed by atoms with E-state index in [2.05, 4.69) is 11.8 Å². The van der Waals surface area contributed by atoms with Gasteiger partial charge < -0.3 is 9.47 Å². The molecule has 0 radical (unpaired) electrons. The van der Waals surface area contributed by atoms with Crippen LogP contribution in [0.3, 0.4) is 0 Å². The number of ether oxygens (including phenoxy) is 2. The average molecular weight is 218 g/mol. The van der Waals surface area contributed by atoms with E-state index in [1.807, 2.05) is 44.2 Å². The molecule has 0 amide bonds. The summed E-state index contributed by atoms with van der Waals surface area (Å²) in [7, 11) is 1.63. The minimum absolute atomic E-state index is 0.249. The lowest BCUT2D eigenvalue weighted by Crippen LogP contribution is -2.28. The van der Waals surface area contributed by atoms with Crippen LogP contribution in [-0.2, 0) is 9.47 Å². The monoisotopic (exact) mass is 218 g/mol. The molecule has 1 atom stereocenters. The molecule has 1 unspecified atom stereocenters. The fraction of sp³-hybridized carbons (Fsp3) is 0.429. The summed E-state index contributed by atoms with van der Waals surface area (Å²) >= 11 is 0. The second-order valence-electron chi connectivity index (χ2n) is 3.91. The van der Waals surface area contributed by atoms with E-state index >= 15 is 0 Å². The molecule has 0 aliphatic rings. The van der Waals surface area contributed by atoms with Crippen LogP contribution in [0.2, 0.25) is 0 Å². The first-order valence-electron chi connectivity index (χ1n) is 5.29. The highest BCUT2D eigenvalue weighted by atomic mass is 16.7. The Labute approximate surface area is 97.6 Å². The summed E-state index contributed by atoms with van der Waals surface area (Å²) < 4.78 is 11.1. The van der Waals surface area contributed by atoms with Crippen molar-refractivity contribution in [2.75, 3.05) is 7.11 Å². The molecule has 16 heavy (non-hydrogen) atoms. The molecule has 86 valence electrons. The average Bonchev–Trinajstić information content (AvgIpc) is 2.29. The van der Waals surface area contributed by atoms with E-state index in [9.17, 15) is 0 Å². The summed E-state index contributed by atoms with van der Waals surface area (Å²) in [6.45, 7) is 5.56. The molecule has 0 aliphatic carbocycles. The van der Waals surface area contributed by atoms with Gasteiger partial charge in [0.25, 0.3) is 0 Å². The smallest absolute Gasteiger partial charge is 0.164 e. The van der Waals surface area contributed by atoms with Gasteiger partial charge in [0.1, 0.15) is 6.10 Å². The van der Waals surface area contributed by atoms with Gasteiger partial charge in [0.05, 0.1) is 0 Å². The Morgan fingerprint density at radius 3 is 2.31 bits per heavy atom. The standard InChI is InChI=1S/C14H18O2/c1-5-9-13(16-14(2,3)15-4)12-10-7-6-8-11-12/h6-8,10-11,13H,1-4H3. The molecule has 0 fully saturated rings. The van der Waals surface area contributed by atoms with Crippen LogP contribution in [-0.4, -0.2) is 12.9 Å². The van der Waals surface area contributed by atoms with Crippen molar-refractivity contribution in [1.29, 1.82) is 0 Å². The Morgan fingerprint density at radius 2 is 1.81 bits per heavy atom. The summed E-state index contributed by atoms with van der Waals surface area (Å²) in [6.07, 6.45) is -0.249. The number of rotatable bonds is 4. The van der Waals surface area contributed by atoms with Crippen molar-refractivity contribution in [2.24, 2.45) is 0 Å². The van der Waals surface area contributed by atoms with Gasteiger partial charge in [-0.3, -0.25) is 0 Å². The van der Waals surface area contributed by atoms with Gasteiger partial charge in [0.2, 0.25) is 0 Å². The van der Waals surface area contributed by atoms with Crippen molar-refractivity contribution >= 4 is 0 Å². The predicted octanol–water partition coefficient (Wildman–Crippen LogP) is 3.15. The van der Waals surface area contributed by atoms with Crippen molar-refractivity contribution in [2.45, 2.75) is 32.7 Å². The molecular weight excluding hydrogens is 200 g/mol. The van der Waals surface area contributed by atoms with Gasteiger partial charge in [-0.05, 0) is 26.3 Å². The zero-order valence-electron chi connectivity index (χ0n) is 10.3. The van der Waals surface area contributed by atoms with E-state index in [4.69, 9.17) is 9.47 Å². The molecule has 2 heteroatoms. The number of hydrogen-bond donors (Lipinski definition) is 0. The summed E-state index contributed by atoms with van der Waals surface area (Å²) in [5.74, 6) is 5.28. The molecule has 0 aromatic heterocycles. The molecular formula is C14H18O2. The van der Waals surface area contributed by atoms with Crippen LogP contribution >= 0.6 is 0 Å². The minimum atomic E-state index is -0.635. The highest BCUT2D eigenvalue weighted by Gasteiger charge is 2.22.